The van der Waals surface area contributed by atoms with E-state index in [2.05, 4.69) is 162 Å². The maximum atomic E-state index is 9.76. The van der Waals surface area contributed by atoms with E-state index < -0.39 is 5.41 Å². The molecule has 0 bridgehead atoms. The van der Waals surface area contributed by atoms with E-state index in [4.69, 9.17) is 9.97 Å². The second kappa shape index (κ2) is 12.3. The second-order valence-electron chi connectivity index (χ2n) is 15.2. The molecule has 268 valence electrons. The highest BCUT2D eigenvalue weighted by Crippen LogP contribution is 2.63. The molecule has 2 heterocycles. The second-order valence-corrected chi connectivity index (χ2v) is 15.2. The van der Waals surface area contributed by atoms with Crippen molar-refractivity contribution in [3.63, 3.8) is 0 Å². The van der Waals surface area contributed by atoms with E-state index in [-0.39, 0.29) is 0 Å². The number of nitrogens with zero attached hydrogens (tertiary/aromatic N) is 4. The highest BCUT2D eigenvalue weighted by atomic mass is 15.0. The van der Waals surface area contributed by atoms with E-state index in [9.17, 15) is 5.26 Å². The van der Waals surface area contributed by atoms with E-state index in [1.165, 1.54) is 55.3 Å². The van der Waals surface area contributed by atoms with Crippen LogP contribution in [0.4, 0.5) is 0 Å². The Balaban J connectivity index is 1.14. The normalized spacial score (nSPS) is 12.9. The quantitative estimate of drug-likeness (QED) is 0.181. The van der Waals surface area contributed by atoms with E-state index in [1.807, 2.05) is 42.5 Å². The summed E-state index contributed by atoms with van der Waals surface area (Å²) in [5.41, 5.74) is 18.3. The number of rotatable bonds is 4. The zero-order valence-corrected chi connectivity index (χ0v) is 31.3. The molecule has 0 radical (unpaired) electrons. The van der Waals surface area contributed by atoms with Crippen molar-refractivity contribution in [3.05, 3.63) is 222 Å². The summed E-state index contributed by atoms with van der Waals surface area (Å²) >= 11 is 0. The Bertz CT molecular complexity index is 3320. The van der Waals surface area contributed by atoms with Crippen LogP contribution < -0.4 is 0 Å². The van der Waals surface area contributed by atoms with E-state index >= 15 is 0 Å². The van der Waals surface area contributed by atoms with Crippen molar-refractivity contribution in [1.29, 1.82) is 5.26 Å². The zero-order valence-electron chi connectivity index (χ0n) is 31.3. The van der Waals surface area contributed by atoms with Crippen LogP contribution in [0, 0.1) is 11.3 Å². The fourth-order valence-corrected chi connectivity index (χ4v) is 9.90. The number of hydrogen-bond donors (Lipinski definition) is 0. The Hall–Kier alpha value is -7.87. The molecule has 4 heteroatoms. The molecule has 58 heavy (non-hydrogen) atoms. The minimum Gasteiger partial charge on any atom is -0.309 e. The topological polar surface area (TPSA) is 54.5 Å². The maximum absolute atomic E-state index is 9.76. The molecule has 8 aromatic carbocycles. The number of benzene rings is 8. The predicted molar refractivity (Wildman–Crippen MR) is 234 cm³/mol. The maximum Gasteiger partial charge on any atom is 0.160 e. The van der Waals surface area contributed by atoms with Crippen LogP contribution in [0.1, 0.15) is 27.8 Å². The van der Waals surface area contributed by atoms with E-state index in [0.717, 1.165) is 44.8 Å². The highest BCUT2D eigenvalue weighted by molar-refractivity contribution is 6.12. The molecule has 2 aliphatic carbocycles. The molecular weight excluding hydrogens is 705 g/mol. The van der Waals surface area contributed by atoms with Crippen molar-refractivity contribution in [1.82, 2.24) is 14.5 Å². The fourth-order valence-electron chi connectivity index (χ4n) is 9.90. The fraction of sp³-hybridized carbons (Fsp3) is 0.0185. The number of aromatic nitrogens is 3. The largest absolute Gasteiger partial charge is 0.309 e. The summed E-state index contributed by atoms with van der Waals surface area (Å²) in [7, 11) is 0. The minimum atomic E-state index is -0.428. The standard InChI is InChI=1S/C54H32N4/c55-33-34-15-14-18-36(29-34)53-56-48(35-16-2-1-3-17-35)32-49(57-53)41-23-8-13-28-51(41)58-50-27-12-7-22-40(50)43-30-47-42(31-52(43)58)39-21-6-11-26-46(39)54(47)44-24-9-4-19-37(44)38-20-5-10-25-45(38)54/h1-32H. The van der Waals surface area contributed by atoms with Gasteiger partial charge in [0, 0.05) is 27.5 Å². The molecule has 10 aromatic rings. The molecule has 0 unspecified atom stereocenters. The molecule has 2 aromatic heterocycles. The van der Waals surface area contributed by atoms with Crippen LogP contribution in [0.3, 0.4) is 0 Å². The average Bonchev–Trinajstić information content (AvgIpc) is 3.90. The average molecular weight is 737 g/mol. The number of para-hydroxylation sites is 2. The first-order chi connectivity index (χ1) is 28.7. The lowest BCUT2D eigenvalue weighted by Gasteiger charge is -2.30. The van der Waals surface area contributed by atoms with Gasteiger partial charge in [-0.25, -0.2) is 9.97 Å². The number of hydrogen-bond acceptors (Lipinski definition) is 3. The smallest absolute Gasteiger partial charge is 0.160 e. The first-order valence-corrected chi connectivity index (χ1v) is 19.6. The van der Waals surface area contributed by atoms with Crippen LogP contribution in [0.15, 0.2) is 194 Å². The molecule has 1 spiro atoms. The zero-order chi connectivity index (χ0) is 38.4. The molecule has 0 amide bonds. The van der Waals surface area contributed by atoms with Crippen molar-refractivity contribution in [2.24, 2.45) is 0 Å². The predicted octanol–water partition coefficient (Wildman–Crippen LogP) is 12.8. The van der Waals surface area contributed by atoms with Gasteiger partial charge in [0.15, 0.2) is 5.82 Å². The molecule has 4 nitrogen and oxygen atoms in total. The Morgan fingerprint density at radius 3 is 1.72 bits per heavy atom. The van der Waals surface area contributed by atoms with Gasteiger partial charge in [-0.2, -0.15) is 5.26 Å². The summed E-state index contributed by atoms with van der Waals surface area (Å²) < 4.78 is 2.42. The summed E-state index contributed by atoms with van der Waals surface area (Å²) in [5.74, 6) is 0.572. The van der Waals surface area contributed by atoms with Crippen molar-refractivity contribution < 1.29 is 0 Å². The molecule has 0 atom stereocenters. The van der Waals surface area contributed by atoms with Crippen LogP contribution in [0.5, 0.6) is 0 Å². The summed E-state index contributed by atoms with van der Waals surface area (Å²) in [6, 6.07) is 71.3. The van der Waals surface area contributed by atoms with Gasteiger partial charge in [0.2, 0.25) is 0 Å². The Labute approximate surface area is 335 Å². The molecule has 0 aliphatic heterocycles. The first kappa shape index (κ1) is 32.4. The van der Waals surface area contributed by atoms with Gasteiger partial charge in [0.25, 0.3) is 0 Å². The minimum absolute atomic E-state index is 0.428. The molecule has 0 fully saturated rings. The third-order valence-electron chi connectivity index (χ3n) is 12.3. The molecule has 2 aliphatic rings. The van der Waals surface area contributed by atoms with Gasteiger partial charge in [-0.05, 0) is 87.0 Å². The van der Waals surface area contributed by atoms with Crippen molar-refractivity contribution in [2.75, 3.05) is 0 Å². The highest BCUT2D eigenvalue weighted by Gasteiger charge is 2.51. The van der Waals surface area contributed by atoms with Gasteiger partial charge in [-0.1, -0.05) is 152 Å². The Kier molecular flexibility index (Phi) is 6.88. The monoisotopic (exact) mass is 736 g/mol. The molecular formula is C54H32N4. The van der Waals surface area contributed by atoms with Crippen molar-refractivity contribution in [3.8, 4) is 67.9 Å². The summed E-state index contributed by atoms with van der Waals surface area (Å²) in [5, 5.41) is 12.2. The molecule has 0 N–H and O–H groups in total. The van der Waals surface area contributed by atoms with Crippen molar-refractivity contribution in [2.45, 2.75) is 5.41 Å². The summed E-state index contributed by atoms with van der Waals surface area (Å²) in [6.07, 6.45) is 0. The Morgan fingerprint density at radius 2 is 1.00 bits per heavy atom. The van der Waals surface area contributed by atoms with Crippen LogP contribution in [-0.2, 0) is 5.41 Å². The lowest BCUT2D eigenvalue weighted by Crippen LogP contribution is -2.25. The van der Waals surface area contributed by atoms with Crippen LogP contribution in [0.25, 0.3) is 83.6 Å². The SMILES string of the molecule is N#Cc1cccc(-c2nc(-c3ccccc3)cc(-c3ccccc3-n3c4ccccc4c4cc5c(cc43)-c3ccccc3C53c4ccccc4-c4ccccc43)n2)c1. The van der Waals surface area contributed by atoms with Crippen molar-refractivity contribution >= 4 is 21.8 Å². The van der Waals surface area contributed by atoms with Gasteiger partial charge >= 0.3 is 0 Å². The summed E-state index contributed by atoms with van der Waals surface area (Å²) in [6.45, 7) is 0. The first-order valence-electron chi connectivity index (χ1n) is 19.6. The van der Waals surface area contributed by atoms with Crippen LogP contribution in [0.2, 0.25) is 0 Å². The third-order valence-corrected chi connectivity index (χ3v) is 12.3. The van der Waals surface area contributed by atoms with E-state index in [0.29, 0.717) is 11.4 Å². The Morgan fingerprint density at radius 1 is 0.414 bits per heavy atom. The number of fused-ring (bicyclic) bond motifs is 13. The van der Waals surface area contributed by atoms with Gasteiger partial charge in [-0.15, -0.1) is 0 Å². The molecule has 0 saturated carbocycles. The lowest BCUT2D eigenvalue weighted by atomic mass is 9.70. The molecule has 12 rings (SSSR count). The van der Waals surface area contributed by atoms with Crippen LogP contribution in [-0.4, -0.2) is 14.5 Å². The van der Waals surface area contributed by atoms with Gasteiger partial charge in [0.05, 0.1) is 45.2 Å². The molecule has 0 saturated heterocycles. The number of nitriles is 1. The van der Waals surface area contributed by atoms with Gasteiger partial charge in [-0.3, -0.25) is 0 Å². The van der Waals surface area contributed by atoms with Gasteiger partial charge in [0.1, 0.15) is 0 Å². The van der Waals surface area contributed by atoms with Gasteiger partial charge < -0.3 is 4.57 Å². The van der Waals surface area contributed by atoms with E-state index in [1.54, 1.807) is 0 Å². The van der Waals surface area contributed by atoms with Crippen LogP contribution >= 0.6 is 0 Å². The summed E-state index contributed by atoms with van der Waals surface area (Å²) in [4.78, 5) is 10.3. The third kappa shape index (κ3) is 4.44. The lowest BCUT2D eigenvalue weighted by molar-refractivity contribution is 0.795.